The van der Waals surface area contributed by atoms with Crippen LogP contribution in [0.1, 0.15) is 33.1 Å². The summed E-state index contributed by atoms with van der Waals surface area (Å²) in [6.45, 7) is 10.4. The number of likely N-dealkylation sites (tertiary alicyclic amines) is 1. The van der Waals surface area contributed by atoms with E-state index in [4.69, 9.17) is 0 Å². The van der Waals surface area contributed by atoms with E-state index in [0.717, 1.165) is 51.6 Å². The number of nitrogens with one attached hydrogen (secondary N) is 2. The van der Waals surface area contributed by atoms with Gasteiger partial charge in [-0.15, -0.1) is 0 Å². The van der Waals surface area contributed by atoms with Crippen LogP contribution in [0.3, 0.4) is 0 Å². The molecule has 0 radical (unpaired) electrons. The van der Waals surface area contributed by atoms with Gasteiger partial charge in [-0.25, -0.2) is 4.79 Å². The van der Waals surface area contributed by atoms with Crippen molar-refractivity contribution in [1.29, 1.82) is 0 Å². The molecule has 2 heterocycles. The van der Waals surface area contributed by atoms with Gasteiger partial charge in [0.1, 0.15) is 0 Å². The first-order chi connectivity index (χ1) is 12.6. The lowest BCUT2D eigenvalue weighted by atomic mass is 9.99. The van der Waals surface area contributed by atoms with Crippen LogP contribution >= 0.6 is 0 Å². The van der Waals surface area contributed by atoms with Crippen LogP contribution in [-0.4, -0.2) is 56.2 Å². The Morgan fingerprint density at radius 3 is 2.73 bits per heavy atom. The summed E-state index contributed by atoms with van der Waals surface area (Å²) in [7, 11) is 0. The van der Waals surface area contributed by atoms with Crippen molar-refractivity contribution in [2.75, 3.05) is 44.2 Å². The number of benzene rings is 1. The van der Waals surface area contributed by atoms with Crippen molar-refractivity contribution in [2.45, 2.75) is 39.2 Å². The predicted octanol–water partition coefficient (Wildman–Crippen LogP) is 2.93. The number of piperidine rings is 1. The van der Waals surface area contributed by atoms with E-state index in [-0.39, 0.29) is 6.03 Å². The van der Waals surface area contributed by atoms with Gasteiger partial charge in [0, 0.05) is 44.5 Å². The third-order valence-electron chi connectivity index (χ3n) is 5.83. The summed E-state index contributed by atoms with van der Waals surface area (Å²) >= 11 is 0. The zero-order valence-electron chi connectivity index (χ0n) is 16.3. The average Bonchev–Trinajstić information content (AvgIpc) is 3.14. The largest absolute Gasteiger partial charge is 0.371 e. The second-order valence-electron chi connectivity index (χ2n) is 8.12. The van der Waals surface area contributed by atoms with Crippen LogP contribution in [0.25, 0.3) is 0 Å². The van der Waals surface area contributed by atoms with Crippen molar-refractivity contribution in [3.63, 3.8) is 0 Å². The minimum absolute atomic E-state index is 0.0277. The van der Waals surface area contributed by atoms with Crippen LogP contribution in [0.4, 0.5) is 10.5 Å². The van der Waals surface area contributed by atoms with Crippen LogP contribution in [0.15, 0.2) is 30.3 Å². The number of hydrogen-bond donors (Lipinski definition) is 2. The quantitative estimate of drug-likeness (QED) is 0.822. The van der Waals surface area contributed by atoms with E-state index in [1.165, 1.54) is 18.5 Å². The van der Waals surface area contributed by atoms with E-state index in [9.17, 15) is 4.79 Å². The van der Waals surface area contributed by atoms with E-state index in [0.29, 0.717) is 12.0 Å². The van der Waals surface area contributed by atoms with Gasteiger partial charge in [-0.3, -0.25) is 4.90 Å². The fourth-order valence-corrected chi connectivity index (χ4v) is 4.17. The number of hydrogen-bond acceptors (Lipinski definition) is 3. The number of nitrogens with zero attached hydrogens (tertiary/aromatic N) is 2. The van der Waals surface area contributed by atoms with Crippen molar-refractivity contribution in [3.8, 4) is 0 Å². The van der Waals surface area contributed by atoms with Crippen molar-refractivity contribution in [1.82, 2.24) is 15.5 Å². The van der Waals surface area contributed by atoms with Gasteiger partial charge in [0.15, 0.2) is 0 Å². The molecule has 0 aromatic heterocycles. The second kappa shape index (κ2) is 9.26. The van der Waals surface area contributed by atoms with E-state index in [2.05, 4.69) is 64.6 Å². The lowest BCUT2D eigenvalue weighted by Crippen LogP contribution is -2.48. The monoisotopic (exact) mass is 358 g/mol. The summed E-state index contributed by atoms with van der Waals surface area (Å²) in [5, 5.41) is 6.12. The minimum atomic E-state index is -0.0277. The Labute approximate surface area is 158 Å². The summed E-state index contributed by atoms with van der Waals surface area (Å²) in [6, 6.07) is 10.9. The Morgan fingerprint density at radius 1 is 1.15 bits per heavy atom. The summed E-state index contributed by atoms with van der Waals surface area (Å²) < 4.78 is 0. The molecule has 2 aliphatic rings. The first kappa shape index (κ1) is 19.0. The van der Waals surface area contributed by atoms with E-state index >= 15 is 0 Å². The van der Waals surface area contributed by atoms with E-state index in [1.54, 1.807) is 0 Å². The van der Waals surface area contributed by atoms with Crippen LogP contribution in [-0.2, 0) is 0 Å². The second-order valence-corrected chi connectivity index (χ2v) is 8.12. The molecule has 2 N–H and O–H groups in total. The molecule has 26 heavy (non-hydrogen) atoms. The Bertz CT molecular complexity index is 564. The van der Waals surface area contributed by atoms with Crippen LogP contribution in [0.5, 0.6) is 0 Å². The lowest BCUT2D eigenvalue weighted by Gasteiger charge is -2.35. The zero-order chi connectivity index (χ0) is 18.4. The summed E-state index contributed by atoms with van der Waals surface area (Å²) in [6.07, 6.45) is 3.74. The molecule has 2 fully saturated rings. The molecule has 0 bridgehead atoms. The standard InChI is InChI=1S/C21H34N4O/c1-17-7-6-11-24(15-17)18(2)13-22-21(26)23-14-19-10-12-25(16-19)20-8-4-3-5-9-20/h3-5,8-9,17-19H,6-7,10-16H2,1-2H3,(H2,22,23,26)/t17-,18+,19+/m1/s1. The number of rotatable bonds is 6. The summed E-state index contributed by atoms with van der Waals surface area (Å²) in [4.78, 5) is 17.1. The Balaban J connectivity index is 1.33. The number of amides is 2. The third-order valence-corrected chi connectivity index (χ3v) is 5.83. The summed E-state index contributed by atoms with van der Waals surface area (Å²) in [5.74, 6) is 1.30. The maximum absolute atomic E-state index is 12.1. The minimum Gasteiger partial charge on any atom is -0.371 e. The van der Waals surface area contributed by atoms with Crippen molar-refractivity contribution in [2.24, 2.45) is 11.8 Å². The van der Waals surface area contributed by atoms with Gasteiger partial charge in [0.25, 0.3) is 0 Å². The highest BCUT2D eigenvalue weighted by Gasteiger charge is 2.24. The molecule has 0 saturated carbocycles. The molecule has 144 valence electrons. The number of carbonyl (C=O) groups excluding carboxylic acids is 1. The summed E-state index contributed by atoms with van der Waals surface area (Å²) in [5.41, 5.74) is 1.28. The highest BCUT2D eigenvalue weighted by atomic mass is 16.2. The van der Waals surface area contributed by atoms with Gasteiger partial charge in [-0.2, -0.15) is 0 Å². The number of anilines is 1. The molecule has 5 nitrogen and oxygen atoms in total. The van der Waals surface area contributed by atoms with Crippen molar-refractivity contribution in [3.05, 3.63) is 30.3 Å². The first-order valence-electron chi connectivity index (χ1n) is 10.2. The molecule has 2 amide bonds. The molecular weight excluding hydrogens is 324 g/mol. The smallest absolute Gasteiger partial charge is 0.314 e. The zero-order valence-corrected chi connectivity index (χ0v) is 16.3. The highest BCUT2D eigenvalue weighted by Crippen LogP contribution is 2.23. The molecule has 0 aliphatic carbocycles. The van der Waals surface area contributed by atoms with E-state index < -0.39 is 0 Å². The van der Waals surface area contributed by atoms with Gasteiger partial charge in [0.05, 0.1) is 0 Å². The SMILES string of the molecule is C[C@@H]1CCCN([C@@H](C)CNC(=O)NC[C@@H]2CCN(c3ccccc3)C2)C1. The topological polar surface area (TPSA) is 47.6 Å². The number of urea groups is 1. The fourth-order valence-electron chi connectivity index (χ4n) is 4.17. The molecule has 2 aliphatic heterocycles. The lowest BCUT2D eigenvalue weighted by molar-refractivity contribution is 0.137. The maximum atomic E-state index is 12.1. The molecule has 3 rings (SSSR count). The molecule has 1 aromatic rings. The van der Waals surface area contributed by atoms with Crippen molar-refractivity contribution < 1.29 is 4.79 Å². The molecular formula is C21H34N4O. The molecule has 1 aromatic carbocycles. The number of para-hydroxylation sites is 1. The first-order valence-corrected chi connectivity index (χ1v) is 10.2. The Morgan fingerprint density at radius 2 is 1.96 bits per heavy atom. The average molecular weight is 359 g/mol. The van der Waals surface area contributed by atoms with Gasteiger partial charge in [-0.1, -0.05) is 25.1 Å². The maximum Gasteiger partial charge on any atom is 0.314 e. The molecule has 0 spiro atoms. The number of carbonyl (C=O) groups is 1. The van der Waals surface area contributed by atoms with Crippen LogP contribution in [0, 0.1) is 11.8 Å². The normalized spacial score (nSPS) is 25.1. The molecule has 2 saturated heterocycles. The fraction of sp³-hybridized carbons (Fsp3) is 0.667. The van der Waals surface area contributed by atoms with E-state index in [1.807, 2.05) is 0 Å². The Hall–Kier alpha value is -1.75. The van der Waals surface area contributed by atoms with Crippen LogP contribution < -0.4 is 15.5 Å². The molecule has 0 unspecified atom stereocenters. The Kier molecular flexibility index (Phi) is 6.78. The third kappa shape index (κ3) is 5.37. The van der Waals surface area contributed by atoms with Gasteiger partial charge >= 0.3 is 6.03 Å². The van der Waals surface area contributed by atoms with Gasteiger partial charge in [0.2, 0.25) is 0 Å². The van der Waals surface area contributed by atoms with Crippen molar-refractivity contribution >= 4 is 11.7 Å². The highest BCUT2D eigenvalue weighted by molar-refractivity contribution is 5.73. The molecule has 5 heteroatoms. The van der Waals surface area contributed by atoms with Gasteiger partial charge in [-0.05, 0) is 56.7 Å². The van der Waals surface area contributed by atoms with Gasteiger partial charge < -0.3 is 15.5 Å². The predicted molar refractivity (Wildman–Crippen MR) is 108 cm³/mol. The molecule has 3 atom stereocenters. The van der Waals surface area contributed by atoms with Crippen LogP contribution in [0.2, 0.25) is 0 Å².